The highest BCUT2D eigenvalue weighted by atomic mass is 16.1. The average Bonchev–Trinajstić information content (AvgIpc) is 3.15. The first kappa shape index (κ1) is 15.3. The zero-order chi connectivity index (χ0) is 16.8. The Labute approximate surface area is 139 Å². The smallest absolute Gasteiger partial charge is 0.243 e. The second kappa shape index (κ2) is 7.11. The molecule has 0 aliphatic carbocycles. The van der Waals surface area contributed by atoms with Crippen LogP contribution in [-0.2, 0) is 4.79 Å². The van der Waals surface area contributed by atoms with Gasteiger partial charge in [0.25, 0.3) is 0 Å². The molecule has 2 aromatic carbocycles. The molecule has 3 aromatic rings. The number of carbonyl (C=O) groups is 1. The molecule has 0 radical (unpaired) electrons. The summed E-state index contributed by atoms with van der Waals surface area (Å²) >= 11 is 0. The van der Waals surface area contributed by atoms with Crippen molar-refractivity contribution < 1.29 is 4.79 Å². The maximum absolute atomic E-state index is 12.1. The van der Waals surface area contributed by atoms with E-state index >= 15 is 0 Å². The van der Waals surface area contributed by atoms with Crippen LogP contribution in [0.5, 0.6) is 0 Å². The molecule has 118 valence electrons. The van der Waals surface area contributed by atoms with Crippen LogP contribution in [0.25, 0.3) is 5.69 Å². The largest absolute Gasteiger partial charge is 0.376 e. The predicted molar refractivity (Wildman–Crippen MR) is 91.8 cm³/mol. The Hall–Kier alpha value is -3.59. The summed E-state index contributed by atoms with van der Waals surface area (Å²) in [7, 11) is 0. The number of hydrogen-bond donors (Lipinski definition) is 2. The lowest BCUT2D eigenvalue weighted by Gasteiger charge is -2.09. The lowest BCUT2D eigenvalue weighted by Crippen LogP contribution is -2.21. The van der Waals surface area contributed by atoms with Gasteiger partial charge in [0.05, 0.1) is 24.5 Å². The van der Waals surface area contributed by atoms with Crippen LogP contribution in [0.3, 0.4) is 0 Å². The normalized spacial score (nSPS) is 9.96. The number of carbonyl (C=O) groups excluding carboxylic acids is 1. The van der Waals surface area contributed by atoms with E-state index in [2.05, 4.69) is 21.7 Å². The summed E-state index contributed by atoms with van der Waals surface area (Å²) in [4.78, 5) is 16.1. The summed E-state index contributed by atoms with van der Waals surface area (Å²) < 4.78 is 1.87. The van der Waals surface area contributed by atoms with E-state index in [-0.39, 0.29) is 12.5 Å². The molecule has 0 atom stereocenters. The van der Waals surface area contributed by atoms with Crippen LogP contribution in [0.1, 0.15) is 5.56 Å². The minimum absolute atomic E-state index is 0.140. The van der Waals surface area contributed by atoms with Gasteiger partial charge in [-0.1, -0.05) is 6.07 Å². The Morgan fingerprint density at radius 1 is 1.17 bits per heavy atom. The summed E-state index contributed by atoms with van der Waals surface area (Å²) in [5.74, 6) is -0.151. The van der Waals surface area contributed by atoms with Gasteiger partial charge in [-0.2, -0.15) is 5.26 Å². The van der Waals surface area contributed by atoms with E-state index in [0.717, 1.165) is 11.4 Å². The van der Waals surface area contributed by atoms with Crippen molar-refractivity contribution in [1.82, 2.24) is 9.55 Å². The molecule has 1 aromatic heterocycles. The summed E-state index contributed by atoms with van der Waals surface area (Å²) in [6.45, 7) is 0.140. The first-order chi connectivity index (χ1) is 11.7. The summed E-state index contributed by atoms with van der Waals surface area (Å²) in [6, 6.07) is 16.5. The number of amides is 1. The van der Waals surface area contributed by atoms with Gasteiger partial charge in [-0.15, -0.1) is 0 Å². The molecule has 6 nitrogen and oxygen atoms in total. The molecule has 2 N–H and O–H groups in total. The van der Waals surface area contributed by atoms with Crippen molar-refractivity contribution in [3.63, 3.8) is 0 Å². The summed E-state index contributed by atoms with van der Waals surface area (Å²) in [5.41, 5.74) is 3.01. The van der Waals surface area contributed by atoms with Crippen LogP contribution >= 0.6 is 0 Å². The Balaban J connectivity index is 1.58. The molecule has 0 saturated carbocycles. The molecule has 1 amide bonds. The fraction of sp³-hybridized carbons (Fsp3) is 0.0556. The Bertz CT molecular complexity index is 863. The molecule has 0 aliphatic rings. The molecule has 0 spiro atoms. The van der Waals surface area contributed by atoms with Crippen LogP contribution < -0.4 is 10.6 Å². The van der Waals surface area contributed by atoms with E-state index in [1.54, 1.807) is 36.8 Å². The molecule has 24 heavy (non-hydrogen) atoms. The van der Waals surface area contributed by atoms with Gasteiger partial charge in [-0.3, -0.25) is 4.79 Å². The molecule has 6 heteroatoms. The fourth-order valence-electron chi connectivity index (χ4n) is 2.21. The van der Waals surface area contributed by atoms with Crippen molar-refractivity contribution in [3.8, 4) is 11.8 Å². The molecular formula is C18H15N5O. The number of imidazole rings is 1. The van der Waals surface area contributed by atoms with E-state index in [9.17, 15) is 4.79 Å². The first-order valence-corrected chi connectivity index (χ1v) is 7.37. The summed E-state index contributed by atoms with van der Waals surface area (Å²) in [6.07, 6.45) is 5.24. The lowest BCUT2D eigenvalue weighted by atomic mass is 10.2. The van der Waals surface area contributed by atoms with Crippen molar-refractivity contribution in [3.05, 3.63) is 72.8 Å². The molecule has 1 heterocycles. The van der Waals surface area contributed by atoms with Crippen LogP contribution in [-0.4, -0.2) is 22.0 Å². The molecule has 3 rings (SSSR count). The number of aromatic nitrogens is 2. The van der Waals surface area contributed by atoms with Gasteiger partial charge >= 0.3 is 0 Å². The van der Waals surface area contributed by atoms with Crippen molar-refractivity contribution >= 4 is 17.3 Å². The minimum atomic E-state index is -0.151. The van der Waals surface area contributed by atoms with Gasteiger partial charge in [-0.25, -0.2) is 4.98 Å². The molecule has 0 fully saturated rings. The number of nitrogens with zero attached hydrogens (tertiary/aromatic N) is 3. The lowest BCUT2D eigenvalue weighted by molar-refractivity contribution is -0.114. The van der Waals surface area contributed by atoms with Crippen LogP contribution in [0.4, 0.5) is 11.4 Å². The number of nitrogens with one attached hydrogen (secondary N) is 2. The van der Waals surface area contributed by atoms with Gasteiger partial charge < -0.3 is 15.2 Å². The van der Waals surface area contributed by atoms with E-state index < -0.39 is 0 Å². The number of benzene rings is 2. The molecule has 0 bridgehead atoms. The summed E-state index contributed by atoms with van der Waals surface area (Å²) in [5, 5.41) is 14.6. The van der Waals surface area contributed by atoms with Crippen LogP contribution in [0.2, 0.25) is 0 Å². The molecule has 0 aliphatic heterocycles. The fourth-order valence-corrected chi connectivity index (χ4v) is 2.21. The SMILES string of the molecule is N#Cc1ccc(NCC(=O)Nc2cccc(-n3ccnc3)c2)cc1. The minimum Gasteiger partial charge on any atom is -0.376 e. The quantitative estimate of drug-likeness (QED) is 0.758. The second-order valence-electron chi connectivity index (χ2n) is 5.11. The zero-order valence-corrected chi connectivity index (χ0v) is 12.8. The standard InChI is InChI=1S/C18H15N5O/c19-11-14-4-6-15(7-5-14)21-12-18(24)22-16-2-1-3-17(10-16)23-9-8-20-13-23/h1-10,13,21H,12H2,(H,22,24). The second-order valence-corrected chi connectivity index (χ2v) is 5.11. The zero-order valence-electron chi connectivity index (χ0n) is 12.8. The predicted octanol–water partition coefficient (Wildman–Crippen LogP) is 2.79. The third-order valence-electron chi connectivity index (χ3n) is 3.40. The topological polar surface area (TPSA) is 82.7 Å². The van der Waals surface area contributed by atoms with Crippen molar-refractivity contribution in [2.45, 2.75) is 0 Å². The van der Waals surface area contributed by atoms with Crippen LogP contribution in [0.15, 0.2) is 67.3 Å². The van der Waals surface area contributed by atoms with E-state index in [1.165, 1.54) is 0 Å². The third kappa shape index (κ3) is 3.78. The number of rotatable bonds is 5. The molecule has 0 saturated heterocycles. The average molecular weight is 317 g/mol. The number of anilines is 2. The van der Waals surface area contributed by atoms with Crippen molar-refractivity contribution in [2.24, 2.45) is 0 Å². The highest BCUT2D eigenvalue weighted by Crippen LogP contribution is 2.14. The first-order valence-electron chi connectivity index (χ1n) is 7.37. The maximum Gasteiger partial charge on any atom is 0.243 e. The third-order valence-corrected chi connectivity index (χ3v) is 3.40. The van der Waals surface area contributed by atoms with Crippen molar-refractivity contribution in [2.75, 3.05) is 17.2 Å². The van der Waals surface area contributed by atoms with Gasteiger partial charge in [0.1, 0.15) is 0 Å². The van der Waals surface area contributed by atoms with Gasteiger partial charge in [-0.05, 0) is 42.5 Å². The highest BCUT2D eigenvalue weighted by Gasteiger charge is 2.04. The van der Waals surface area contributed by atoms with E-state index in [0.29, 0.717) is 11.3 Å². The monoisotopic (exact) mass is 317 g/mol. The Morgan fingerprint density at radius 3 is 2.71 bits per heavy atom. The van der Waals surface area contributed by atoms with Gasteiger partial charge in [0.2, 0.25) is 5.91 Å². The highest BCUT2D eigenvalue weighted by molar-refractivity contribution is 5.94. The number of nitriles is 1. The molecule has 0 unspecified atom stereocenters. The van der Waals surface area contributed by atoms with Crippen molar-refractivity contribution in [1.29, 1.82) is 5.26 Å². The molecular weight excluding hydrogens is 302 g/mol. The van der Waals surface area contributed by atoms with Gasteiger partial charge in [0, 0.05) is 29.5 Å². The Kier molecular flexibility index (Phi) is 4.54. The van der Waals surface area contributed by atoms with Crippen LogP contribution in [0, 0.1) is 11.3 Å². The van der Waals surface area contributed by atoms with E-state index in [4.69, 9.17) is 5.26 Å². The van der Waals surface area contributed by atoms with Gasteiger partial charge in [0.15, 0.2) is 0 Å². The maximum atomic E-state index is 12.1. The Morgan fingerprint density at radius 2 is 2.00 bits per heavy atom. The van der Waals surface area contributed by atoms with E-state index in [1.807, 2.05) is 35.0 Å². The number of hydrogen-bond acceptors (Lipinski definition) is 4.